The van der Waals surface area contributed by atoms with E-state index in [0.717, 1.165) is 23.2 Å². The Hall–Kier alpha value is -1.79. The first-order chi connectivity index (χ1) is 8.90. The Morgan fingerprint density at radius 2 is 2.11 bits per heavy atom. The van der Waals surface area contributed by atoms with Crippen molar-refractivity contribution in [3.05, 3.63) is 29.3 Å². The first-order valence-electron chi connectivity index (χ1n) is 6.51. The van der Waals surface area contributed by atoms with Gasteiger partial charge in [0, 0.05) is 16.7 Å². The van der Waals surface area contributed by atoms with Gasteiger partial charge in [0.2, 0.25) is 5.91 Å². The molecule has 0 aliphatic carbocycles. The fourth-order valence-corrected chi connectivity index (χ4v) is 1.49. The smallest absolute Gasteiger partial charge is 0.230 e. The minimum Gasteiger partial charge on any atom is -0.326 e. The largest absolute Gasteiger partial charge is 0.326 e. The van der Waals surface area contributed by atoms with Gasteiger partial charge in [0.05, 0.1) is 6.54 Å². The molecule has 0 unspecified atom stereocenters. The molecule has 1 rings (SSSR count). The molecule has 0 fully saturated rings. The fraction of sp³-hybridized carbons (Fsp3) is 0.438. The number of amides is 1. The minimum atomic E-state index is -0.355. The van der Waals surface area contributed by atoms with Crippen molar-refractivity contribution in [2.24, 2.45) is 11.1 Å². The lowest BCUT2D eigenvalue weighted by atomic mass is 9.89. The Labute approximate surface area is 115 Å². The Bertz CT molecular complexity index is 521. The van der Waals surface area contributed by atoms with Crippen molar-refractivity contribution >= 4 is 11.6 Å². The monoisotopic (exact) mass is 258 g/mol. The fourth-order valence-electron chi connectivity index (χ4n) is 1.49. The minimum absolute atomic E-state index is 0.0372. The molecule has 3 N–H and O–H groups in total. The molecule has 0 spiro atoms. The number of rotatable bonds is 3. The third-order valence-corrected chi connectivity index (χ3v) is 3.31. The van der Waals surface area contributed by atoms with Crippen molar-refractivity contribution in [3.63, 3.8) is 0 Å². The van der Waals surface area contributed by atoms with Crippen molar-refractivity contribution in [3.8, 4) is 11.8 Å². The van der Waals surface area contributed by atoms with E-state index in [1.54, 1.807) is 0 Å². The molecule has 0 aromatic heterocycles. The first kappa shape index (κ1) is 15.3. The van der Waals surface area contributed by atoms with Crippen molar-refractivity contribution < 1.29 is 4.79 Å². The summed E-state index contributed by atoms with van der Waals surface area (Å²) in [6, 6.07) is 5.72. The average Bonchev–Trinajstić information content (AvgIpc) is 2.37. The predicted octanol–water partition coefficient (Wildman–Crippen LogP) is 2.68. The summed E-state index contributed by atoms with van der Waals surface area (Å²) in [6.07, 6.45) is 0.803. The van der Waals surface area contributed by atoms with Gasteiger partial charge in [-0.15, -0.1) is 0 Å². The van der Waals surface area contributed by atoms with Gasteiger partial charge in [-0.1, -0.05) is 32.6 Å². The van der Waals surface area contributed by atoms with Crippen LogP contribution < -0.4 is 11.1 Å². The average molecular weight is 258 g/mol. The van der Waals surface area contributed by atoms with E-state index in [4.69, 9.17) is 5.73 Å². The van der Waals surface area contributed by atoms with Crippen LogP contribution in [0.1, 0.15) is 38.3 Å². The van der Waals surface area contributed by atoms with Crippen molar-refractivity contribution in [1.82, 2.24) is 0 Å². The normalized spacial score (nSPS) is 10.6. The van der Waals surface area contributed by atoms with Crippen LogP contribution in [0.4, 0.5) is 5.69 Å². The third-order valence-electron chi connectivity index (χ3n) is 3.31. The van der Waals surface area contributed by atoms with E-state index < -0.39 is 0 Å². The highest BCUT2D eigenvalue weighted by molar-refractivity contribution is 5.94. The number of hydrogen-bond acceptors (Lipinski definition) is 2. The van der Waals surface area contributed by atoms with Gasteiger partial charge in [-0.25, -0.2) is 0 Å². The number of nitrogens with two attached hydrogens (primary N) is 1. The summed E-state index contributed by atoms with van der Waals surface area (Å²) in [5.74, 6) is 5.87. The molecule has 3 nitrogen and oxygen atoms in total. The summed E-state index contributed by atoms with van der Waals surface area (Å²) in [5, 5.41) is 2.95. The highest BCUT2D eigenvalue weighted by atomic mass is 16.2. The summed E-state index contributed by atoms with van der Waals surface area (Å²) < 4.78 is 0. The van der Waals surface area contributed by atoms with E-state index in [1.807, 2.05) is 45.9 Å². The van der Waals surface area contributed by atoms with Crippen molar-refractivity contribution in [2.45, 2.75) is 34.1 Å². The quantitative estimate of drug-likeness (QED) is 0.819. The topological polar surface area (TPSA) is 55.1 Å². The third kappa shape index (κ3) is 4.11. The molecule has 0 radical (unpaired) electrons. The van der Waals surface area contributed by atoms with Crippen molar-refractivity contribution in [1.29, 1.82) is 0 Å². The van der Waals surface area contributed by atoms with Crippen LogP contribution in [0.3, 0.4) is 0 Å². The molecule has 102 valence electrons. The highest BCUT2D eigenvalue weighted by Crippen LogP contribution is 2.23. The van der Waals surface area contributed by atoms with Gasteiger partial charge in [-0.3, -0.25) is 4.79 Å². The number of carbonyl (C=O) groups is 1. The van der Waals surface area contributed by atoms with E-state index in [-0.39, 0.29) is 11.3 Å². The predicted molar refractivity (Wildman–Crippen MR) is 79.8 cm³/mol. The van der Waals surface area contributed by atoms with Crippen molar-refractivity contribution in [2.75, 3.05) is 11.9 Å². The van der Waals surface area contributed by atoms with Gasteiger partial charge in [-0.05, 0) is 37.1 Å². The number of aryl methyl sites for hydroxylation is 1. The number of carbonyl (C=O) groups excluding carboxylic acids is 1. The molecular weight excluding hydrogens is 236 g/mol. The maximum absolute atomic E-state index is 12.1. The van der Waals surface area contributed by atoms with Crippen LogP contribution in [-0.2, 0) is 4.79 Å². The number of nitrogens with one attached hydrogen (secondary N) is 1. The van der Waals surface area contributed by atoms with Crippen LogP contribution in [-0.4, -0.2) is 12.5 Å². The molecule has 0 aliphatic rings. The molecule has 3 heteroatoms. The van der Waals surface area contributed by atoms with Crippen LogP contribution in [0.2, 0.25) is 0 Å². The van der Waals surface area contributed by atoms with E-state index >= 15 is 0 Å². The van der Waals surface area contributed by atoms with Crippen LogP contribution >= 0.6 is 0 Å². The molecule has 1 aromatic rings. The maximum atomic E-state index is 12.1. The first-order valence-corrected chi connectivity index (χ1v) is 6.51. The highest BCUT2D eigenvalue weighted by Gasteiger charge is 2.25. The number of anilines is 1. The Morgan fingerprint density at radius 1 is 1.42 bits per heavy atom. The Balaban J connectivity index is 2.88. The molecule has 1 aromatic carbocycles. The zero-order valence-corrected chi connectivity index (χ0v) is 12.1. The lowest BCUT2D eigenvalue weighted by Gasteiger charge is -2.21. The lowest BCUT2D eigenvalue weighted by molar-refractivity contribution is -0.124. The molecule has 0 heterocycles. The van der Waals surface area contributed by atoms with E-state index in [2.05, 4.69) is 17.2 Å². The molecule has 0 saturated carbocycles. The van der Waals surface area contributed by atoms with Gasteiger partial charge in [0.15, 0.2) is 0 Å². The summed E-state index contributed by atoms with van der Waals surface area (Å²) in [7, 11) is 0. The van der Waals surface area contributed by atoms with Crippen LogP contribution in [0.15, 0.2) is 18.2 Å². The second-order valence-electron chi connectivity index (χ2n) is 5.23. The van der Waals surface area contributed by atoms with E-state index in [9.17, 15) is 4.79 Å². The summed E-state index contributed by atoms with van der Waals surface area (Å²) in [6.45, 7) is 8.21. The van der Waals surface area contributed by atoms with Crippen LogP contribution in [0, 0.1) is 24.2 Å². The van der Waals surface area contributed by atoms with Gasteiger partial charge in [-0.2, -0.15) is 0 Å². The zero-order valence-electron chi connectivity index (χ0n) is 12.1. The molecule has 1 amide bonds. The maximum Gasteiger partial charge on any atom is 0.230 e. The Kier molecular flexibility index (Phi) is 5.14. The summed E-state index contributed by atoms with van der Waals surface area (Å²) >= 11 is 0. The lowest BCUT2D eigenvalue weighted by Crippen LogP contribution is -2.30. The summed E-state index contributed by atoms with van der Waals surface area (Å²) in [5.41, 5.74) is 7.79. The Morgan fingerprint density at radius 3 is 2.63 bits per heavy atom. The molecule has 0 bridgehead atoms. The summed E-state index contributed by atoms with van der Waals surface area (Å²) in [4.78, 5) is 12.1. The second kappa shape index (κ2) is 6.40. The second-order valence-corrected chi connectivity index (χ2v) is 5.23. The van der Waals surface area contributed by atoms with E-state index in [1.165, 1.54) is 0 Å². The standard InChI is InChI=1S/C16H22N2O/c1-5-16(3,4)15(19)18-14-9-8-13(7-6-10-17)12(2)11-14/h8-9,11H,5,10,17H2,1-4H3,(H,18,19). The molecule has 0 atom stereocenters. The number of hydrogen-bond donors (Lipinski definition) is 2. The van der Waals surface area contributed by atoms with Gasteiger partial charge in [0.1, 0.15) is 0 Å². The van der Waals surface area contributed by atoms with Crippen LogP contribution in [0.5, 0.6) is 0 Å². The SMILES string of the molecule is CCC(C)(C)C(=O)Nc1ccc(C#CCN)c(C)c1. The van der Waals surface area contributed by atoms with Gasteiger partial charge in [0.25, 0.3) is 0 Å². The van der Waals surface area contributed by atoms with Crippen LogP contribution in [0.25, 0.3) is 0 Å². The molecule has 0 aliphatic heterocycles. The zero-order chi connectivity index (χ0) is 14.5. The van der Waals surface area contributed by atoms with E-state index in [0.29, 0.717) is 6.54 Å². The molecule has 19 heavy (non-hydrogen) atoms. The number of benzene rings is 1. The van der Waals surface area contributed by atoms with Gasteiger partial charge >= 0.3 is 0 Å². The molecule has 0 saturated heterocycles. The van der Waals surface area contributed by atoms with Gasteiger partial charge < -0.3 is 11.1 Å². The molecular formula is C16H22N2O.